The van der Waals surface area contributed by atoms with E-state index in [1.807, 2.05) is 0 Å². The number of amides is 1. The summed E-state index contributed by atoms with van der Waals surface area (Å²) in [6, 6.07) is 0. The van der Waals surface area contributed by atoms with Gasteiger partial charge in [-0.2, -0.15) is 0 Å². The van der Waals surface area contributed by atoms with E-state index < -0.39 is 12.2 Å². The van der Waals surface area contributed by atoms with Crippen molar-refractivity contribution >= 4 is 11.9 Å². The average Bonchev–Trinajstić information content (AvgIpc) is 2.84. The van der Waals surface area contributed by atoms with Gasteiger partial charge in [-0.05, 0) is 12.3 Å². The molecule has 138 valence electrons. The van der Waals surface area contributed by atoms with E-state index in [4.69, 9.17) is 4.84 Å². The molecule has 1 amide bonds. The minimum atomic E-state index is -0.967. The monoisotopic (exact) mass is 339 g/mol. The fourth-order valence-electron chi connectivity index (χ4n) is 3.80. The van der Waals surface area contributed by atoms with Crippen molar-refractivity contribution in [2.45, 2.75) is 103 Å². The van der Waals surface area contributed by atoms with Crippen LogP contribution in [0.3, 0.4) is 0 Å². The normalized spacial score (nSPS) is 23.1. The molecule has 1 aliphatic carbocycles. The summed E-state index contributed by atoms with van der Waals surface area (Å²) in [4.78, 5) is 28.1. The van der Waals surface area contributed by atoms with Crippen molar-refractivity contribution in [2.75, 3.05) is 0 Å². The summed E-state index contributed by atoms with van der Waals surface area (Å²) in [6.07, 6.45) is 15.3. The Bertz CT molecular complexity index is 391. The smallest absolute Gasteiger partial charge is 0.332 e. The molecule has 0 radical (unpaired) electrons. The van der Waals surface area contributed by atoms with E-state index in [1.165, 1.54) is 57.8 Å². The first-order valence-electron chi connectivity index (χ1n) is 9.88. The summed E-state index contributed by atoms with van der Waals surface area (Å²) in [5, 5.41) is 10.4. The third-order valence-electron chi connectivity index (χ3n) is 5.30. The van der Waals surface area contributed by atoms with Crippen molar-refractivity contribution in [1.29, 1.82) is 0 Å². The van der Waals surface area contributed by atoms with Crippen LogP contribution >= 0.6 is 0 Å². The maximum absolute atomic E-state index is 11.7. The Morgan fingerprint density at radius 1 is 1.00 bits per heavy atom. The molecular weight excluding hydrogens is 306 g/mol. The van der Waals surface area contributed by atoms with E-state index in [0.29, 0.717) is 12.8 Å². The molecule has 2 rings (SSSR count). The van der Waals surface area contributed by atoms with Crippen molar-refractivity contribution in [3.05, 3.63) is 0 Å². The van der Waals surface area contributed by atoms with Crippen LogP contribution in [0.25, 0.3) is 0 Å². The summed E-state index contributed by atoms with van der Waals surface area (Å²) in [5.74, 6) is 0.192. The van der Waals surface area contributed by atoms with E-state index in [-0.39, 0.29) is 12.3 Å². The lowest BCUT2D eigenvalue weighted by molar-refractivity contribution is -0.220. The van der Waals surface area contributed by atoms with Crippen LogP contribution in [0.4, 0.5) is 0 Å². The Morgan fingerprint density at radius 2 is 1.67 bits per heavy atom. The first-order valence-corrected chi connectivity index (χ1v) is 9.88. The van der Waals surface area contributed by atoms with Crippen LogP contribution in [0.2, 0.25) is 0 Å². The molecule has 5 nitrogen and oxygen atoms in total. The lowest BCUT2D eigenvalue weighted by Crippen LogP contribution is -2.35. The van der Waals surface area contributed by atoms with Gasteiger partial charge in [0.05, 0.1) is 0 Å². The van der Waals surface area contributed by atoms with Crippen molar-refractivity contribution in [3.63, 3.8) is 0 Å². The van der Waals surface area contributed by atoms with Crippen molar-refractivity contribution < 1.29 is 19.5 Å². The Morgan fingerprint density at radius 3 is 2.33 bits per heavy atom. The highest BCUT2D eigenvalue weighted by molar-refractivity contribution is 5.79. The van der Waals surface area contributed by atoms with Gasteiger partial charge >= 0.3 is 5.97 Å². The highest BCUT2D eigenvalue weighted by Crippen LogP contribution is 2.26. The third-order valence-corrected chi connectivity index (χ3v) is 5.30. The first kappa shape index (κ1) is 19.2. The van der Waals surface area contributed by atoms with Crippen LogP contribution in [-0.2, 0) is 14.4 Å². The molecule has 1 saturated heterocycles. The largest absolute Gasteiger partial charge is 0.370 e. The number of hydrogen-bond donors (Lipinski definition) is 1. The lowest BCUT2D eigenvalue weighted by atomic mass is 9.87. The molecule has 0 spiro atoms. The second-order valence-corrected chi connectivity index (χ2v) is 7.37. The third kappa shape index (κ3) is 6.80. The molecule has 2 fully saturated rings. The lowest BCUT2D eigenvalue weighted by Gasteiger charge is -2.19. The van der Waals surface area contributed by atoms with Crippen molar-refractivity contribution in [2.24, 2.45) is 5.92 Å². The van der Waals surface area contributed by atoms with E-state index in [9.17, 15) is 14.7 Å². The topological polar surface area (TPSA) is 66.8 Å². The van der Waals surface area contributed by atoms with E-state index in [1.54, 1.807) is 0 Å². The van der Waals surface area contributed by atoms with Gasteiger partial charge in [-0.15, -0.1) is 5.06 Å². The molecule has 1 unspecified atom stereocenters. The highest BCUT2D eigenvalue weighted by atomic mass is 16.7. The molecule has 2 aliphatic rings. The number of nitrogens with zero attached hydrogens (tertiary/aromatic N) is 1. The number of hydrogen-bond acceptors (Lipinski definition) is 4. The Labute approximate surface area is 145 Å². The van der Waals surface area contributed by atoms with Crippen LogP contribution in [0, 0.1) is 5.92 Å². The van der Waals surface area contributed by atoms with Gasteiger partial charge in [-0.25, -0.2) is 4.79 Å². The number of aliphatic hydroxyl groups is 1. The van der Waals surface area contributed by atoms with Gasteiger partial charge < -0.3 is 9.94 Å². The first-order chi connectivity index (χ1) is 11.7. The minimum absolute atomic E-state index is 0.246. The van der Waals surface area contributed by atoms with Crippen molar-refractivity contribution in [3.8, 4) is 0 Å². The van der Waals surface area contributed by atoms with Crippen molar-refractivity contribution in [1.82, 2.24) is 5.06 Å². The maximum Gasteiger partial charge on any atom is 0.332 e. The van der Waals surface area contributed by atoms with Gasteiger partial charge in [0.1, 0.15) is 0 Å². The molecule has 0 aromatic heterocycles. The predicted octanol–water partition coefficient (Wildman–Crippen LogP) is 4.09. The predicted molar refractivity (Wildman–Crippen MR) is 91.7 cm³/mol. The number of rotatable bonds is 8. The van der Waals surface area contributed by atoms with Crippen LogP contribution in [0.5, 0.6) is 0 Å². The summed E-state index contributed by atoms with van der Waals surface area (Å²) in [7, 11) is 0. The van der Waals surface area contributed by atoms with Crippen LogP contribution in [-0.4, -0.2) is 28.3 Å². The van der Waals surface area contributed by atoms with Crippen LogP contribution in [0.1, 0.15) is 96.3 Å². The second kappa shape index (κ2) is 10.7. The zero-order valence-electron chi connectivity index (χ0n) is 14.9. The van der Waals surface area contributed by atoms with E-state index in [0.717, 1.165) is 30.2 Å². The maximum atomic E-state index is 11.7. The molecule has 0 aromatic carbocycles. The van der Waals surface area contributed by atoms with Gasteiger partial charge in [0.25, 0.3) is 5.91 Å². The van der Waals surface area contributed by atoms with Gasteiger partial charge in [-0.3, -0.25) is 4.79 Å². The van der Waals surface area contributed by atoms with Gasteiger partial charge in [0.15, 0.2) is 6.23 Å². The number of carbonyl (C=O) groups excluding carboxylic acids is 2. The molecule has 0 aromatic rings. The molecule has 1 atom stereocenters. The second-order valence-electron chi connectivity index (χ2n) is 7.37. The standard InChI is InChI=1S/C19H33NO4/c21-17-14-15-18(22)20(17)24-19(23)13-9-5-4-8-12-16-10-6-2-1-3-7-11-16/h16-17,21H,1-15H2. The zero-order chi connectivity index (χ0) is 17.2. The number of unbranched alkanes of at least 4 members (excludes halogenated alkanes) is 3. The molecule has 1 aliphatic heterocycles. The summed E-state index contributed by atoms with van der Waals surface area (Å²) in [5.41, 5.74) is 0. The Balaban J connectivity index is 1.48. The molecular formula is C19H33NO4. The molecule has 1 N–H and O–H groups in total. The fraction of sp³-hybridized carbons (Fsp3) is 0.895. The molecule has 1 heterocycles. The molecule has 0 bridgehead atoms. The quantitative estimate of drug-likeness (QED) is 0.677. The Hall–Kier alpha value is -1.10. The van der Waals surface area contributed by atoms with Crippen LogP contribution < -0.4 is 0 Å². The summed E-state index contributed by atoms with van der Waals surface area (Å²) < 4.78 is 0. The SMILES string of the molecule is O=C(CCCCCCC1CCCCCCC1)ON1C(=O)CCC1O. The minimum Gasteiger partial charge on any atom is -0.370 e. The van der Waals surface area contributed by atoms with Gasteiger partial charge in [0, 0.05) is 19.3 Å². The number of hydroxylamine groups is 2. The average molecular weight is 339 g/mol. The number of carbonyl (C=O) groups is 2. The molecule has 5 heteroatoms. The van der Waals surface area contributed by atoms with Gasteiger partial charge in [0.2, 0.25) is 0 Å². The zero-order valence-corrected chi connectivity index (χ0v) is 14.9. The van der Waals surface area contributed by atoms with Gasteiger partial charge in [-0.1, -0.05) is 70.6 Å². The highest BCUT2D eigenvalue weighted by Gasteiger charge is 2.32. The van der Waals surface area contributed by atoms with E-state index in [2.05, 4.69) is 0 Å². The summed E-state index contributed by atoms with van der Waals surface area (Å²) in [6.45, 7) is 0. The molecule has 24 heavy (non-hydrogen) atoms. The number of aliphatic hydroxyl groups excluding tert-OH is 1. The van der Waals surface area contributed by atoms with Crippen LogP contribution in [0.15, 0.2) is 0 Å². The Kier molecular flexibility index (Phi) is 8.57. The molecule has 1 saturated carbocycles. The fourth-order valence-corrected chi connectivity index (χ4v) is 3.80. The van der Waals surface area contributed by atoms with E-state index >= 15 is 0 Å². The summed E-state index contributed by atoms with van der Waals surface area (Å²) >= 11 is 0.